The van der Waals surface area contributed by atoms with Crippen molar-refractivity contribution in [2.45, 2.75) is 39.2 Å². The SMILES string of the molecule is C=C(C)C1CC=C(CN2CCc3nc(-c4cccs4)[nH]c(=O)c3C2)CC1. The zero-order chi connectivity index (χ0) is 18.1. The van der Waals surface area contributed by atoms with Crippen LogP contribution in [0.15, 0.2) is 46.1 Å². The van der Waals surface area contributed by atoms with Crippen molar-refractivity contribution in [2.75, 3.05) is 13.1 Å². The molecule has 0 spiro atoms. The molecule has 0 amide bonds. The third kappa shape index (κ3) is 3.60. The first-order valence-electron chi connectivity index (χ1n) is 9.32. The van der Waals surface area contributed by atoms with Gasteiger partial charge in [0.15, 0.2) is 5.82 Å². The van der Waals surface area contributed by atoms with E-state index >= 15 is 0 Å². The molecule has 0 radical (unpaired) electrons. The fraction of sp³-hybridized carbons (Fsp3) is 0.429. The second-order valence-corrected chi connectivity index (χ2v) is 8.41. The number of hydrogen-bond acceptors (Lipinski definition) is 4. The van der Waals surface area contributed by atoms with Crippen LogP contribution < -0.4 is 5.56 Å². The number of nitrogens with one attached hydrogen (secondary N) is 1. The van der Waals surface area contributed by atoms with Crippen LogP contribution in [0.1, 0.15) is 37.4 Å². The summed E-state index contributed by atoms with van der Waals surface area (Å²) in [6, 6.07) is 3.98. The minimum atomic E-state index is 0.0167. The summed E-state index contributed by atoms with van der Waals surface area (Å²) in [6.45, 7) is 8.86. The van der Waals surface area contributed by atoms with E-state index in [2.05, 4.69) is 29.5 Å². The van der Waals surface area contributed by atoms with Gasteiger partial charge in [0.25, 0.3) is 5.56 Å². The Hall–Kier alpha value is -1.98. The van der Waals surface area contributed by atoms with Gasteiger partial charge in [-0.05, 0) is 43.6 Å². The molecule has 4 rings (SSSR count). The lowest BCUT2D eigenvalue weighted by atomic mass is 9.85. The average molecular weight is 368 g/mol. The van der Waals surface area contributed by atoms with E-state index in [-0.39, 0.29) is 5.56 Å². The molecule has 0 saturated carbocycles. The maximum Gasteiger partial charge on any atom is 0.255 e. The number of aromatic amines is 1. The molecule has 1 N–H and O–H groups in total. The lowest BCUT2D eigenvalue weighted by Crippen LogP contribution is -2.37. The Morgan fingerprint density at radius 2 is 2.35 bits per heavy atom. The number of H-pyrrole nitrogens is 1. The summed E-state index contributed by atoms with van der Waals surface area (Å²) >= 11 is 1.60. The molecule has 3 heterocycles. The topological polar surface area (TPSA) is 49.0 Å². The van der Waals surface area contributed by atoms with Crippen LogP contribution in [0.2, 0.25) is 0 Å². The number of nitrogens with zero attached hydrogens (tertiary/aromatic N) is 2. The number of aromatic nitrogens is 2. The van der Waals surface area contributed by atoms with Crippen molar-refractivity contribution in [3.8, 4) is 10.7 Å². The predicted octanol–water partition coefficient (Wildman–Crippen LogP) is 4.16. The number of rotatable bonds is 4. The Morgan fingerprint density at radius 3 is 3.04 bits per heavy atom. The van der Waals surface area contributed by atoms with Gasteiger partial charge in [-0.2, -0.15) is 0 Å². The lowest BCUT2D eigenvalue weighted by Gasteiger charge is -2.30. The van der Waals surface area contributed by atoms with Crippen LogP contribution >= 0.6 is 11.3 Å². The summed E-state index contributed by atoms with van der Waals surface area (Å²) in [6.07, 6.45) is 6.70. The Kier molecular flexibility index (Phi) is 4.92. The van der Waals surface area contributed by atoms with Gasteiger partial charge >= 0.3 is 0 Å². The molecule has 1 unspecified atom stereocenters. The van der Waals surface area contributed by atoms with E-state index in [1.807, 2.05) is 17.5 Å². The lowest BCUT2D eigenvalue weighted by molar-refractivity contribution is 0.266. The van der Waals surface area contributed by atoms with E-state index in [0.717, 1.165) is 48.5 Å². The van der Waals surface area contributed by atoms with Gasteiger partial charge < -0.3 is 4.98 Å². The monoisotopic (exact) mass is 367 g/mol. The standard InChI is InChI=1S/C21H25N3OS/c1-14(2)16-7-5-15(6-8-16)12-24-10-9-18-17(13-24)21(25)23-20(22-18)19-4-3-11-26-19/h3-5,11,16H,1,6-10,12-13H2,2H3,(H,22,23,25). The molecule has 1 atom stereocenters. The van der Waals surface area contributed by atoms with Crippen LogP contribution in [0.25, 0.3) is 10.7 Å². The molecule has 0 aromatic carbocycles. The van der Waals surface area contributed by atoms with Crippen LogP contribution in [0.4, 0.5) is 0 Å². The molecule has 2 aromatic rings. The second-order valence-electron chi connectivity index (χ2n) is 7.46. The van der Waals surface area contributed by atoms with Crippen molar-refractivity contribution in [1.29, 1.82) is 0 Å². The van der Waals surface area contributed by atoms with Gasteiger partial charge in [0, 0.05) is 26.1 Å². The Balaban J connectivity index is 1.47. The minimum Gasteiger partial charge on any atom is -0.306 e. The quantitative estimate of drug-likeness (QED) is 0.826. The van der Waals surface area contributed by atoms with E-state index in [1.54, 1.807) is 11.3 Å². The van der Waals surface area contributed by atoms with Gasteiger partial charge in [-0.25, -0.2) is 4.98 Å². The highest BCUT2D eigenvalue weighted by atomic mass is 32.1. The van der Waals surface area contributed by atoms with Gasteiger partial charge in [-0.3, -0.25) is 9.69 Å². The molecule has 1 aliphatic heterocycles. The first-order valence-corrected chi connectivity index (χ1v) is 10.2. The van der Waals surface area contributed by atoms with Crippen molar-refractivity contribution in [3.63, 3.8) is 0 Å². The zero-order valence-corrected chi connectivity index (χ0v) is 16.1. The van der Waals surface area contributed by atoms with Gasteiger partial charge in [-0.1, -0.05) is 29.9 Å². The van der Waals surface area contributed by atoms with Crippen LogP contribution in [-0.2, 0) is 13.0 Å². The summed E-state index contributed by atoms with van der Waals surface area (Å²) in [5, 5.41) is 2.01. The number of fused-ring (bicyclic) bond motifs is 1. The molecule has 0 fully saturated rings. The highest BCUT2D eigenvalue weighted by Gasteiger charge is 2.23. The van der Waals surface area contributed by atoms with Crippen molar-refractivity contribution in [3.05, 3.63) is 62.9 Å². The number of hydrogen-bond donors (Lipinski definition) is 1. The van der Waals surface area contributed by atoms with Gasteiger partial charge in [0.2, 0.25) is 0 Å². The maximum absolute atomic E-state index is 12.6. The average Bonchev–Trinajstić information content (AvgIpc) is 3.17. The maximum atomic E-state index is 12.6. The van der Waals surface area contributed by atoms with Crippen LogP contribution in [0, 0.1) is 5.92 Å². The molecule has 0 bridgehead atoms. The molecule has 0 saturated heterocycles. The van der Waals surface area contributed by atoms with Crippen molar-refractivity contribution >= 4 is 11.3 Å². The summed E-state index contributed by atoms with van der Waals surface area (Å²) in [5.41, 5.74) is 4.63. The summed E-state index contributed by atoms with van der Waals surface area (Å²) in [7, 11) is 0. The van der Waals surface area contributed by atoms with E-state index in [1.165, 1.54) is 17.6 Å². The van der Waals surface area contributed by atoms with Gasteiger partial charge in [0.05, 0.1) is 16.1 Å². The van der Waals surface area contributed by atoms with Crippen molar-refractivity contribution in [1.82, 2.24) is 14.9 Å². The van der Waals surface area contributed by atoms with E-state index in [0.29, 0.717) is 18.3 Å². The van der Waals surface area contributed by atoms with E-state index < -0.39 is 0 Å². The van der Waals surface area contributed by atoms with Crippen LogP contribution in [0.3, 0.4) is 0 Å². The summed E-state index contributed by atoms with van der Waals surface area (Å²) in [4.78, 5) is 23.7. The van der Waals surface area contributed by atoms with Gasteiger partial charge in [0.1, 0.15) is 0 Å². The first-order chi connectivity index (χ1) is 12.6. The van der Waals surface area contributed by atoms with E-state index in [4.69, 9.17) is 4.98 Å². The van der Waals surface area contributed by atoms with Crippen molar-refractivity contribution in [2.24, 2.45) is 5.92 Å². The first kappa shape index (κ1) is 17.4. The molecule has 2 aromatic heterocycles. The molecule has 1 aliphatic carbocycles. The molecule has 26 heavy (non-hydrogen) atoms. The highest BCUT2D eigenvalue weighted by Crippen LogP contribution is 2.29. The number of allylic oxidation sites excluding steroid dienone is 2. The molecule has 4 nitrogen and oxygen atoms in total. The van der Waals surface area contributed by atoms with E-state index in [9.17, 15) is 4.79 Å². The fourth-order valence-electron chi connectivity index (χ4n) is 3.91. The Labute approximate surface area is 158 Å². The smallest absolute Gasteiger partial charge is 0.255 e. The largest absolute Gasteiger partial charge is 0.306 e. The third-order valence-electron chi connectivity index (χ3n) is 5.53. The van der Waals surface area contributed by atoms with Gasteiger partial charge in [-0.15, -0.1) is 11.3 Å². The Morgan fingerprint density at radius 1 is 1.46 bits per heavy atom. The molecular formula is C21H25N3OS. The Bertz CT molecular complexity index is 894. The van der Waals surface area contributed by atoms with Crippen molar-refractivity contribution < 1.29 is 0 Å². The molecule has 2 aliphatic rings. The third-order valence-corrected chi connectivity index (χ3v) is 6.41. The zero-order valence-electron chi connectivity index (χ0n) is 15.3. The predicted molar refractivity (Wildman–Crippen MR) is 107 cm³/mol. The van der Waals surface area contributed by atoms with Crippen LogP contribution in [0.5, 0.6) is 0 Å². The summed E-state index contributed by atoms with van der Waals surface area (Å²) < 4.78 is 0. The minimum absolute atomic E-state index is 0.0167. The summed E-state index contributed by atoms with van der Waals surface area (Å²) in [5.74, 6) is 1.35. The molecular weight excluding hydrogens is 342 g/mol. The number of thiophene rings is 1. The second kappa shape index (κ2) is 7.33. The highest BCUT2D eigenvalue weighted by molar-refractivity contribution is 7.13. The molecule has 136 valence electrons. The molecule has 5 heteroatoms. The normalized spacial score (nSPS) is 20.5. The fourth-order valence-corrected chi connectivity index (χ4v) is 4.58. The van der Waals surface area contributed by atoms with Crippen LogP contribution in [-0.4, -0.2) is 28.0 Å².